The minimum absolute atomic E-state index is 0.121. The van der Waals surface area contributed by atoms with E-state index in [1.54, 1.807) is 16.4 Å². The lowest BCUT2D eigenvalue weighted by atomic mass is 10.3. The molecule has 0 saturated carbocycles. The van der Waals surface area contributed by atoms with E-state index >= 15 is 0 Å². The van der Waals surface area contributed by atoms with Gasteiger partial charge >= 0.3 is 5.97 Å². The molecule has 1 heterocycles. The van der Waals surface area contributed by atoms with Gasteiger partial charge in [-0.2, -0.15) is 16.9 Å². The van der Waals surface area contributed by atoms with Crippen molar-refractivity contribution in [3.05, 3.63) is 18.0 Å². The standard InChI is InChI=1S/C8H12N2O2S/c1-6(5-13-2)10-7(8(11)12)3-4-9-10/h3-4,6H,5H2,1-2H3,(H,11,12). The summed E-state index contributed by atoms with van der Waals surface area (Å²) in [6.45, 7) is 1.95. The van der Waals surface area contributed by atoms with Gasteiger partial charge in [-0.25, -0.2) is 4.79 Å². The van der Waals surface area contributed by atoms with Crippen LogP contribution in [0.4, 0.5) is 0 Å². The molecule has 0 fully saturated rings. The quantitative estimate of drug-likeness (QED) is 0.800. The SMILES string of the molecule is CSCC(C)n1nccc1C(=O)O. The molecule has 0 spiro atoms. The molecule has 0 saturated heterocycles. The summed E-state index contributed by atoms with van der Waals surface area (Å²) in [7, 11) is 0. The Morgan fingerprint density at radius 1 is 1.85 bits per heavy atom. The second-order valence-corrected chi connectivity index (χ2v) is 3.68. The molecule has 1 aromatic heterocycles. The van der Waals surface area contributed by atoms with Gasteiger partial charge in [-0.05, 0) is 19.2 Å². The molecule has 13 heavy (non-hydrogen) atoms. The number of hydrogen-bond acceptors (Lipinski definition) is 3. The maximum atomic E-state index is 10.7. The van der Waals surface area contributed by atoms with Gasteiger partial charge in [0.15, 0.2) is 0 Å². The Labute approximate surface area is 80.9 Å². The number of aromatic carboxylic acids is 1. The zero-order chi connectivity index (χ0) is 9.84. The van der Waals surface area contributed by atoms with Crippen molar-refractivity contribution in [1.82, 2.24) is 9.78 Å². The second kappa shape index (κ2) is 4.32. The van der Waals surface area contributed by atoms with E-state index in [0.29, 0.717) is 0 Å². The lowest BCUT2D eigenvalue weighted by molar-refractivity contribution is 0.0681. The number of carbonyl (C=O) groups is 1. The molecule has 72 valence electrons. The van der Waals surface area contributed by atoms with Crippen molar-refractivity contribution in [2.75, 3.05) is 12.0 Å². The summed E-state index contributed by atoms with van der Waals surface area (Å²) in [5.74, 6) is -0.0625. The number of aromatic nitrogens is 2. The molecule has 0 aliphatic heterocycles. The number of rotatable bonds is 4. The van der Waals surface area contributed by atoms with Crippen LogP contribution in [0.1, 0.15) is 23.5 Å². The van der Waals surface area contributed by atoms with Crippen LogP contribution in [0.15, 0.2) is 12.3 Å². The maximum Gasteiger partial charge on any atom is 0.354 e. The fourth-order valence-electron chi connectivity index (χ4n) is 1.15. The van der Waals surface area contributed by atoms with Gasteiger partial charge in [0, 0.05) is 11.9 Å². The van der Waals surface area contributed by atoms with Gasteiger partial charge in [0.1, 0.15) is 5.69 Å². The Morgan fingerprint density at radius 2 is 2.54 bits per heavy atom. The molecular formula is C8H12N2O2S. The molecule has 0 aromatic carbocycles. The summed E-state index contributed by atoms with van der Waals surface area (Å²) in [6.07, 6.45) is 3.50. The lowest BCUT2D eigenvalue weighted by Gasteiger charge is -2.11. The van der Waals surface area contributed by atoms with Gasteiger partial charge in [-0.15, -0.1) is 0 Å². The van der Waals surface area contributed by atoms with E-state index in [1.807, 2.05) is 13.2 Å². The van der Waals surface area contributed by atoms with Gasteiger partial charge < -0.3 is 5.11 Å². The third-order valence-corrected chi connectivity index (χ3v) is 2.53. The molecule has 0 bridgehead atoms. The predicted molar refractivity (Wildman–Crippen MR) is 52.3 cm³/mol. The Kier molecular flexibility index (Phi) is 3.36. The highest BCUT2D eigenvalue weighted by molar-refractivity contribution is 7.98. The first-order valence-corrected chi connectivity index (χ1v) is 5.32. The second-order valence-electron chi connectivity index (χ2n) is 2.77. The van der Waals surface area contributed by atoms with Crippen LogP contribution < -0.4 is 0 Å². The molecule has 1 unspecified atom stereocenters. The van der Waals surface area contributed by atoms with Crippen molar-refractivity contribution >= 4 is 17.7 Å². The van der Waals surface area contributed by atoms with Crippen LogP contribution in [0, 0.1) is 0 Å². The van der Waals surface area contributed by atoms with Crippen LogP contribution >= 0.6 is 11.8 Å². The topological polar surface area (TPSA) is 55.1 Å². The largest absolute Gasteiger partial charge is 0.477 e. The predicted octanol–water partition coefficient (Wildman–Crippen LogP) is 1.51. The molecule has 4 nitrogen and oxygen atoms in total. The fraction of sp³-hybridized carbons (Fsp3) is 0.500. The summed E-state index contributed by atoms with van der Waals surface area (Å²) in [4.78, 5) is 10.7. The summed E-state index contributed by atoms with van der Waals surface area (Å²) < 4.78 is 1.54. The van der Waals surface area contributed by atoms with E-state index in [9.17, 15) is 4.79 Å². The summed E-state index contributed by atoms with van der Waals surface area (Å²) in [5, 5.41) is 12.8. The molecule has 0 aliphatic rings. The Hall–Kier alpha value is -0.970. The van der Waals surface area contributed by atoms with Crippen molar-refractivity contribution in [2.24, 2.45) is 0 Å². The Balaban J connectivity index is 2.86. The van der Waals surface area contributed by atoms with Crippen molar-refractivity contribution in [3.63, 3.8) is 0 Å². The first kappa shape index (κ1) is 10.1. The van der Waals surface area contributed by atoms with Crippen molar-refractivity contribution in [1.29, 1.82) is 0 Å². The molecule has 1 aromatic rings. The zero-order valence-electron chi connectivity index (χ0n) is 7.60. The van der Waals surface area contributed by atoms with Crippen LogP contribution in [-0.2, 0) is 0 Å². The van der Waals surface area contributed by atoms with E-state index in [2.05, 4.69) is 5.10 Å². The first-order valence-electron chi connectivity index (χ1n) is 3.92. The zero-order valence-corrected chi connectivity index (χ0v) is 8.41. The third kappa shape index (κ3) is 2.24. The molecule has 1 atom stereocenters. The molecule has 0 radical (unpaired) electrons. The van der Waals surface area contributed by atoms with Gasteiger partial charge in [-0.1, -0.05) is 0 Å². The monoisotopic (exact) mass is 200 g/mol. The molecule has 1 N–H and O–H groups in total. The van der Waals surface area contributed by atoms with Gasteiger partial charge in [-0.3, -0.25) is 4.68 Å². The highest BCUT2D eigenvalue weighted by Gasteiger charge is 2.14. The average molecular weight is 200 g/mol. The average Bonchev–Trinajstić information content (AvgIpc) is 2.52. The van der Waals surface area contributed by atoms with Crippen molar-refractivity contribution in [3.8, 4) is 0 Å². The fourth-order valence-corrected chi connectivity index (χ4v) is 1.77. The van der Waals surface area contributed by atoms with E-state index in [4.69, 9.17) is 5.11 Å². The normalized spacial score (nSPS) is 12.8. The molecular weight excluding hydrogens is 188 g/mol. The number of carboxylic acids is 1. The smallest absolute Gasteiger partial charge is 0.354 e. The van der Waals surface area contributed by atoms with Gasteiger partial charge in [0.05, 0.1) is 6.04 Å². The minimum atomic E-state index is -0.926. The minimum Gasteiger partial charge on any atom is -0.477 e. The van der Waals surface area contributed by atoms with Crippen molar-refractivity contribution < 1.29 is 9.90 Å². The highest BCUT2D eigenvalue weighted by atomic mass is 32.2. The van der Waals surface area contributed by atoms with Gasteiger partial charge in [0.2, 0.25) is 0 Å². The van der Waals surface area contributed by atoms with Crippen molar-refractivity contribution in [2.45, 2.75) is 13.0 Å². The number of thioether (sulfide) groups is 1. The number of nitrogens with zero attached hydrogens (tertiary/aromatic N) is 2. The molecule has 5 heteroatoms. The Morgan fingerprint density at radius 3 is 3.08 bits per heavy atom. The van der Waals surface area contributed by atoms with Gasteiger partial charge in [0.25, 0.3) is 0 Å². The summed E-state index contributed by atoms with van der Waals surface area (Å²) >= 11 is 1.67. The van der Waals surface area contributed by atoms with E-state index < -0.39 is 5.97 Å². The lowest BCUT2D eigenvalue weighted by Crippen LogP contribution is -2.15. The molecule has 0 amide bonds. The summed E-state index contributed by atoms with van der Waals surface area (Å²) in [6, 6.07) is 1.63. The van der Waals surface area contributed by atoms with Crippen LogP contribution in [-0.4, -0.2) is 32.9 Å². The first-order chi connectivity index (χ1) is 6.16. The van der Waals surface area contributed by atoms with E-state index in [0.717, 1.165) is 5.75 Å². The number of hydrogen-bond donors (Lipinski definition) is 1. The van der Waals surface area contributed by atoms with E-state index in [-0.39, 0.29) is 11.7 Å². The third-order valence-electron chi connectivity index (χ3n) is 1.71. The highest BCUT2D eigenvalue weighted by Crippen LogP contribution is 2.13. The molecule has 1 rings (SSSR count). The van der Waals surface area contributed by atoms with Crippen LogP contribution in [0.5, 0.6) is 0 Å². The Bertz CT molecular complexity index is 298. The maximum absolute atomic E-state index is 10.7. The van der Waals surface area contributed by atoms with Crippen LogP contribution in [0.2, 0.25) is 0 Å². The number of carboxylic acid groups (broad SMARTS) is 1. The van der Waals surface area contributed by atoms with Crippen LogP contribution in [0.3, 0.4) is 0 Å². The summed E-state index contributed by atoms with van der Waals surface area (Å²) in [5.41, 5.74) is 0.251. The van der Waals surface area contributed by atoms with Crippen LogP contribution in [0.25, 0.3) is 0 Å². The van der Waals surface area contributed by atoms with E-state index in [1.165, 1.54) is 12.3 Å². The molecule has 0 aliphatic carbocycles.